The minimum atomic E-state index is -0.201. The molecule has 1 fully saturated rings. The van der Waals surface area contributed by atoms with E-state index in [9.17, 15) is 4.79 Å². The fourth-order valence-electron chi connectivity index (χ4n) is 3.23. The Morgan fingerprint density at radius 3 is 2.77 bits per heavy atom. The molecule has 1 aliphatic carbocycles. The topological polar surface area (TPSA) is 59.8 Å². The van der Waals surface area contributed by atoms with Crippen molar-refractivity contribution in [3.8, 4) is 0 Å². The molecular formula is C20H26N4OS. The third kappa shape index (κ3) is 4.75. The molecule has 1 N–H and O–H groups in total. The first-order valence-electron chi connectivity index (χ1n) is 9.21. The van der Waals surface area contributed by atoms with Crippen molar-refractivity contribution in [1.82, 2.24) is 20.1 Å². The first-order chi connectivity index (χ1) is 12.7. The van der Waals surface area contributed by atoms with Crippen LogP contribution in [0.1, 0.15) is 44.0 Å². The zero-order valence-electron chi connectivity index (χ0n) is 15.2. The SMILES string of the molecule is C=CCn1c(Cc2ccccc2)nnc1SC(C)C(=O)NC1CCCC1. The molecule has 1 atom stereocenters. The van der Waals surface area contributed by atoms with Gasteiger partial charge in [-0.2, -0.15) is 0 Å². The summed E-state index contributed by atoms with van der Waals surface area (Å²) in [5.41, 5.74) is 1.19. The predicted octanol–water partition coefficient (Wildman–Crippen LogP) is 3.59. The molecule has 1 heterocycles. The summed E-state index contributed by atoms with van der Waals surface area (Å²) in [5.74, 6) is 0.974. The summed E-state index contributed by atoms with van der Waals surface area (Å²) < 4.78 is 2.05. The van der Waals surface area contributed by atoms with Crippen LogP contribution in [0.15, 0.2) is 48.1 Å². The van der Waals surface area contributed by atoms with E-state index in [1.807, 2.05) is 35.8 Å². The summed E-state index contributed by atoms with van der Waals surface area (Å²) in [4.78, 5) is 12.5. The summed E-state index contributed by atoms with van der Waals surface area (Å²) in [6, 6.07) is 10.5. The lowest BCUT2D eigenvalue weighted by atomic mass is 10.1. The molecule has 1 aromatic heterocycles. The van der Waals surface area contributed by atoms with Crippen molar-refractivity contribution in [3.05, 3.63) is 54.4 Å². The summed E-state index contributed by atoms with van der Waals surface area (Å²) in [5, 5.41) is 12.4. The van der Waals surface area contributed by atoms with Gasteiger partial charge in [-0.15, -0.1) is 16.8 Å². The quantitative estimate of drug-likeness (QED) is 0.570. The smallest absolute Gasteiger partial charge is 0.233 e. The third-order valence-corrected chi connectivity index (χ3v) is 5.74. The van der Waals surface area contributed by atoms with Gasteiger partial charge in [0.25, 0.3) is 0 Å². The lowest BCUT2D eigenvalue weighted by Gasteiger charge is -2.16. The fourth-order valence-corrected chi connectivity index (χ4v) is 4.11. The number of hydrogen-bond acceptors (Lipinski definition) is 4. The Morgan fingerprint density at radius 1 is 1.35 bits per heavy atom. The zero-order valence-corrected chi connectivity index (χ0v) is 16.0. The number of carbonyl (C=O) groups is 1. The number of amides is 1. The maximum Gasteiger partial charge on any atom is 0.233 e. The van der Waals surface area contributed by atoms with Crippen LogP contribution in [-0.4, -0.2) is 32.0 Å². The molecule has 1 saturated carbocycles. The van der Waals surface area contributed by atoms with Crippen LogP contribution in [-0.2, 0) is 17.8 Å². The van der Waals surface area contributed by atoms with Crippen molar-refractivity contribution in [2.75, 3.05) is 0 Å². The van der Waals surface area contributed by atoms with Crippen LogP contribution in [0.25, 0.3) is 0 Å². The fraction of sp³-hybridized carbons (Fsp3) is 0.450. The highest BCUT2D eigenvalue weighted by molar-refractivity contribution is 8.00. The number of carbonyl (C=O) groups excluding carboxylic acids is 1. The van der Waals surface area contributed by atoms with Crippen LogP contribution < -0.4 is 5.32 Å². The first kappa shape index (κ1) is 18.7. The molecule has 5 nitrogen and oxygen atoms in total. The Kier molecular flexibility index (Phi) is 6.50. The van der Waals surface area contributed by atoms with Crippen LogP contribution in [0.2, 0.25) is 0 Å². The number of rotatable bonds is 8. The van der Waals surface area contributed by atoms with Crippen molar-refractivity contribution in [2.45, 2.75) is 62.0 Å². The molecule has 138 valence electrons. The Hall–Kier alpha value is -2.08. The van der Waals surface area contributed by atoms with Crippen molar-refractivity contribution in [2.24, 2.45) is 0 Å². The highest BCUT2D eigenvalue weighted by atomic mass is 32.2. The molecule has 0 radical (unpaired) electrons. The van der Waals surface area contributed by atoms with Gasteiger partial charge in [-0.25, -0.2) is 0 Å². The first-order valence-corrected chi connectivity index (χ1v) is 10.1. The lowest BCUT2D eigenvalue weighted by Crippen LogP contribution is -2.37. The van der Waals surface area contributed by atoms with Crippen LogP contribution >= 0.6 is 11.8 Å². The monoisotopic (exact) mass is 370 g/mol. The minimum Gasteiger partial charge on any atom is -0.352 e. The Labute approximate surface area is 159 Å². The maximum absolute atomic E-state index is 12.5. The van der Waals surface area contributed by atoms with Gasteiger partial charge in [0.2, 0.25) is 5.91 Å². The Bertz CT molecular complexity index is 738. The van der Waals surface area contributed by atoms with Crippen molar-refractivity contribution < 1.29 is 4.79 Å². The molecule has 0 saturated heterocycles. The average Bonchev–Trinajstić information content (AvgIpc) is 3.28. The van der Waals surface area contributed by atoms with Gasteiger partial charge in [0, 0.05) is 19.0 Å². The minimum absolute atomic E-state index is 0.0830. The van der Waals surface area contributed by atoms with E-state index in [1.54, 1.807) is 0 Å². The highest BCUT2D eigenvalue weighted by Gasteiger charge is 2.23. The van der Waals surface area contributed by atoms with Crippen LogP contribution in [0.3, 0.4) is 0 Å². The standard InChI is InChI=1S/C20H26N4OS/c1-3-13-24-18(14-16-9-5-4-6-10-16)22-23-20(24)26-15(2)19(25)21-17-11-7-8-12-17/h3-6,9-10,15,17H,1,7-8,11-14H2,2H3,(H,21,25). The summed E-state index contributed by atoms with van der Waals surface area (Å²) in [6.07, 6.45) is 7.16. The maximum atomic E-state index is 12.5. The molecule has 1 aromatic carbocycles. The van der Waals surface area contributed by atoms with Gasteiger partial charge in [-0.1, -0.05) is 61.0 Å². The molecule has 26 heavy (non-hydrogen) atoms. The van der Waals surface area contributed by atoms with Gasteiger partial charge in [0.15, 0.2) is 5.16 Å². The van der Waals surface area contributed by atoms with E-state index in [4.69, 9.17) is 0 Å². The Morgan fingerprint density at radius 2 is 2.08 bits per heavy atom. The number of benzene rings is 1. The van der Waals surface area contributed by atoms with E-state index < -0.39 is 0 Å². The van der Waals surface area contributed by atoms with Gasteiger partial charge in [0.05, 0.1) is 5.25 Å². The van der Waals surface area contributed by atoms with Crippen LogP contribution in [0.5, 0.6) is 0 Å². The molecule has 1 aliphatic rings. The number of allylic oxidation sites excluding steroid dienone is 1. The van der Waals surface area contributed by atoms with E-state index in [-0.39, 0.29) is 11.2 Å². The van der Waals surface area contributed by atoms with Gasteiger partial charge in [-0.3, -0.25) is 4.79 Å². The van der Waals surface area contributed by atoms with Gasteiger partial charge < -0.3 is 9.88 Å². The number of thioether (sulfide) groups is 1. The second kappa shape index (κ2) is 9.03. The molecule has 3 rings (SSSR count). The van der Waals surface area contributed by atoms with Crippen molar-refractivity contribution >= 4 is 17.7 Å². The lowest BCUT2D eigenvalue weighted by molar-refractivity contribution is -0.120. The molecule has 0 spiro atoms. The molecule has 2 aromatic rings. The molecule has 1 amide bonds. The second-order valence-corrected chi connectivity index (χ2v) is 8.02. The third-order valence-electron chi connectivity index (χ3n) is 4.66. The summed E-state index contributed by atoms with van der Waals surface area (Å²) >= 11 is 1.46. The highest BCUT2D eigenvalue weighted by Crippen LogP contribution is 2.25. The van der Waals surface area contributed by atoms with E-state index in [1.165, 1.54) is 30.2 Å². The van der Waals surface area contributed by atoms with Crippen molar-refractivity contribution in [1.29, 1.82) is 0 Å². The summed E-state index contributed by atoms with van der Waals surface area (Å²) in [7, 11) is 0. The molecule has 6 heteroatoms. The Balaban J connectivity index is 1.68. The van der Waals surface area contributed by atoms with Gasteiger partial charge in [-0.05, 0) is 25.3 Å². The predicted molar refractivity (Wildman–Crippen MR) is 105 cm³/mol. The van der Waals surface area contributed by atoms with E-state index in [0.717, 1.165) is 23.8 Å². The van der Waals surface area contributed by atoms with Crippen molar-refractivity contribution in [3.63, 3.8) is 0 Å². The molecular weight excluding hydrogens is 344 g/mol. The summed E-state index contributed by atoms with van der Waals surface area (Å²) in [6.45, 7) is 6.41. The van der Waals surface area contributed by atoms with E-state index in [2.05, 4.69) is 34.2 Å². The number of hydrogen-bond donors (Lipinski definition) is 1. The molecule has 0 aliphatic heterocycles. The number of aromatic nitrogens is 3. The largest absolute Gasteiger partial charge is 0.352 e. The number of nitrogens with zero attached hydrogens (tertiary/aromatic N) is 3. The normalized spacial score (nSPS) is 15.7. The van der Waals surface area contributed by atoms with Crippen LogP contribution in [0.4, 0.5) is 0 Å². The van der Waals surface area contributed by atoms with Crippen LogP contribution in [0, 0.1) is 0 Å². The molecule has 0 bridgehead atoms. The molecule has 1 unspecified atom stereocenters. The zero-order chi connectivity index (χ0) is 18.4. The van der Waals surface area contributed by atoms with Gasteiger partial charge >= 0.3 is 0 Å². The second-order valence-electron chi connectivity index (χ2n) is 6.71. The van der Waals surface area contributed by atoms with E-state index >= 15 is 0 Å². The van der Waals surface area contributed by atoms with Gasteiger partial charge in [0.1, 0.15) is 5.82 Å². The van der Waals surface area contributed by atoms with E-state index in [0.29, 0.717) is 19.0 Å². The number of nitrogens with one attached hydrogen (secondary N) is 1. The average molecular weight is 371 g/mol.